The molecule has 0 radical (unpaired) electrons. The fourth-order valence-electron chi connectivity index (χ4n) is 3.11. The summed E-state index contributed by atoms with van der Waals surface area (Å²) in [5, 5.41) is 15.3. The average molecular weight is 496 g/mol. The molecule has 0 spiro atoms. The molecule has 2 aromatic carbocycles. The van der Waals surface area contributed by atoms with E-state index in [0.717, 1.165) is 18.4 Å². The molecule has 4 nitrogen and oxygen atoms in total. The van der Waals surface area contributed by atoms with Crippen molar-refractivity contribution in [3.8, 4) is 6.07 Å². The molecule has 0 atom stereocenters. The second kappa shape index (κ2) is 9.82. The number of halogens is 3. The summed E-state index contributed by atoms with van der Waals surface area (Å²) in [5.74, 6) is -0.0328. The molecule has 1 aliphatic carbocycles. The van der Waals surface area contributed by atoms with Crippen molar-refractivity contribution in [2.24, 2.45) is 4.99 Å². The Morgan fingerprint density at radius 1 is 1.14 bits per heavy atom. The number of hydrogen-bond donors (Lipinski definition) is 2. The van der Waals surface area contributed by atoms with Gasteiger partial charge in [-0.15, -0.1) is 24.0 Å². The van der Waals surface area contributed by atoms with E-state index in [9.17, 15) is 8.78 Å². The molecule has 3 rings (SSSR count). The largest absolute Gasteiger partial charge is 0.357 e. The van der Waals surface area contributed by atoms with Gasteiger partial charge in [0.25, 0.3) is 0 Å². The Hall–Kier alpha value is -2.21. The van der Waals surface area contributed by atoms with Crippen LogP contribution < -0.4 is 10.6 Å². The first-order valence-corrected chi connectivity index (χ1v) is 9.04. The molecule has 2 aromatic rings. The number of rotatable bonds is 6. The first kappa shape index (κ1) is 22.1. The molecule has 1 fully saturated rings. The third kappa shape index (κ3) is 5.19. The number of nitrogens with one attached hydrogen (secondary N) is 2. The zero-order valence-electron chi connectivity index (χ0n) is 15.6. The molecule has 148 valence electrons. The zero-order chi connectivity index (χ0) is 19.3. The van der Waals surface area contributed by atoms with E-state index in [1.807, 2.05) is 25.1 Å². The molecule has 28 heavy (non-hydrogen) atoms. The lowest BCUT2D eigenvalue weighted by Crippen LogP contribution is -2.41. The molecule has 0 unspecified atom stereocenters. The lowest BCUT2D eigenvalue weighted by Gasteiger charge is -2.19. The predicted molar refractivity (Wildman–Crippen MR) is 117 cm³/mol. The van der Waals surface area contributed by atoms with E-state index >= 15 is 0 Å². The molecule has 1 saturated carbocycles. The van der Waals surface area contributed by atoms with Crippen LogP contribution in [0.5, 0.6) is 0 Å². The highest BCUT2D eigenvalue weighted by Crippen LogP contribution is 2.48. The van der Waals surface area contributed by atoms with E-state index in [-0.39, 0.29) is 41.8 Å². The van der Waals surface area contributed by atoms with Crippen LogP contribution in [0.3, 0.4) is 0 Å². The molecule has 0 aromatic heterocycles. The van der Waals surface area contributed by atoms with Crippen LogP contribution in [0.4, 0.5) is 8.78 Å². The van der Waals surface area contributed by atoms with Gasteiger partial charge < -0.3 is 10.6 Å². The van der Waals surface area contributed by atoms with Crippen LogP contribution in [0.25, 0.3) is 0 Å². The second-order valence-corrected chi connectivity index (χ2v) is 6.73. The Morgan fingerprint density at radius 3 is 2.54 bits per heavy atom. The number of guanidine groups is 1. The topological polar surface area (TPSA) is 60.2 Å². The SMILES string of the molecule is CCNC(=NCc1cc(C#N)ccc1F)NCC1(c2ccccc2F)CC1.I. The Labute approximate surface area is 181 Å². The molecule has 7 heteroatoms. The van der Waals surface area contributed by atoms with E-state index in [1.165, 1.54) is 24.3 Å². The van der Waals surface area contributed by atoms with Crippen LogP contribution in [-0.4, -0.2) is 19.0 Å². The van der Waals surface area contributed by atoms with E-state index in [2.05, 4.69) is 15.6 Å². The lowest BCUT2D eigenvalue weighted by atomic mass is 9.95. The number of hydrogen-bond acceptors (Lipinski definition) is 2. The van der Waals surface area contributed by atoms with Crippen LogP contribution in [0.15, 0.2) is 47.5 Å². The smallest absolute Gasteiger partial charge is 0.191 e. The van der Waals surface area contributed by atoms with E-state index in [0.29, 0.717) is 30.2 Å². The van der Waals surface area contributed by atoms with Crippen molar-refractivity contribution in [2.45, 2.75) is 31.7 Å². The molecule has 0 saturated heterocycles. The molecule has 1 aliphatic rings. The number of aliphatic imine (C=N–C) groups is 1. The van der Waals surface area contributed by atoms with Crippen LogP contribution in [0.2, 0.25) is 0 Å². The molecule has 0 heterocycles. The highest BCUT2D eigenvalue weighted by atomic mass is 127. The van der Waals surface area contributed by atoms with Gasteiger partial charge in [0.2, 0.25) is 0 Å². The third-order valence-electron chi connectivity index (χ3n) is 4.82. The van der Waals surface area contributed by atoms with Gasteiger partial charge >= 0.3 is 0 Å². The molecular formula is C21H23F2IN4. The van der Waals surface area contributed by atoms with Crippen LogP contribution >= 0.6 is 24.0 Å². The Morgan fingerprint density at radius 2 is 1.89 bits per heavy atom. The first-order valence-electron chi connectivity index (χ1n) is 9.04. The molecule has 0 aliphatic heterocycles. The van der Waals surface area contributed by atoms with Gasteiger partial charge in [0.05, 0.1) is 18.2 Å². The van der Waals surface area contributed by atoms with Crippen molar-refractivity contribution < 1.29 is 8.78 Å². The number of nitriles is 1. The summed E-state index contributed by atoms with van der Waals surface area (Å²) in [6.07, 6.45) is 1.83. The zero-order valence-corrected chi connectivity index (χ0v) is 18.0. The molecule has 0 amide bonds. The fraction of sp³-hybridized carbons (Fsp3) is 0.333. The van der Waals surface area contributed by atoms with Gasteiger partial charge in [0, 0.05) is 24.1 Å². The summed E-state index contributed by atoms with van der Waals surface area (Å²) in [4.78, 5) is 4.42. The van der Waals surface area contributed by atoms with Gasteiger partial charge in [0.1, 0.15) is 11.6 Å². The summed E-state index contributed by atoms with van der Waals surface area (Å²) < 4.78 is 28.1. The maximum Gasteiger partial charge on any atom is 0.191 e. The van der Waals surface area contributed by atoms with Crippen LogP contribution in [0.1, 0.15) is 36.5 Å². The second-order valence-electron chi connectivity index (χ2n) is 6.73. The molecular weight excluding hydrogens is 473 g/mol. The van der Waals surface area contributed by atoms with Crippen LogP contribution in [0, 0.1) is 23.0 Å². The van der Waals surface area contributed by atoms with E-state index < -0.39 is 5.82 Å². The molecule has 0 bridgehead atoms. The normalized spacial score (nSPS) is 14.6. The van der Waals surface area contributed by atoms with Crippen molar-refractivity contribution in [2.75, 3.05) is 13.1 Å². The lowest BCUT2D eigenvalue weighted by molar-refractivity contribution is 0.559. The van der Waals surface area contributed by atoms with Gasteiger partial charge in [-0.05, 0) is 49.6 Å². The summed E-state index contributed by atoms with van der Waals surface area (Å²) in [6.45, 7) is 3.26. The first-order chi connectivity index (χ1) is 13.1. The Balaban J connectivity index is 0.00000280. The van der Waals surface area contributed by atoms with E-state index in [4.69, 9.17) is 5.26 Å². The number of nitrogens with zero attached hydrogens (tertiary/aromatic N) is 2. The monoisotopic (exact) mass is 496 g/mol. The minimum Gasteiger partial charge on any atom is -0.357 e. The molecule has 2 N–H and O–H groups in total. The average Bonchev–Trinajstić information content (AvgIpc) is 3.46. The van der Waals surface area contributed by atoms with Crippen molar-refractivity contribution in [3.05, 3.63) is 70.8 Å². The predicted octanol–water partition coefficient (Wildman–Crippen LogP) is 4.24. The highest BCUT2D eigenvalue weighted by molar-refractivity contribution is 14.0. The van der Waals surface area contributed by atoms with Gasteiger partial charge in [0.15, 0.2) is 5.96 Å². The van der Waals surface area contributed by atoms with Crippen molar-refractivity contribution in [1.82, 2.24) is 10.6 Å². The maximum atomic E-state index is 14.1. The highest BCUT2D eigenvalue weighted by Gasteiger charge is 2.45. The standard InChI is InChI=1S/C21H22F2N4.HI/c1-2-25-20(26-13-16-11-15(12-24)7-8-18(16)22)27-14-21(9-10-21)17-5-3-4-6-19(17)23;/h3-8,11H,2,9-10,13-14H2,1H3,(H2,25,26,27);1H. The number of benzene rings is 2. The Kier molecular flexibility index (Phi) is 7.75. The van der Waals surface area contributed by atoms with Gasteiger partial charge in [-0.3, -0.25) is 0 Å². The fourth-order valence-corrected chi connectivity index (χ4v) is 3.11. The van der Waals surface area contributed by atoms with Crippen molar-refractivity contribution in [3.63, 3.8) is 0 Å². The van der Waals surface area contributed by atoms with Gasteiger partial charge in [-0.2, -0.15) is 5.26 Å². The quantitative estimate of drug-likeness (QED) is 0.358. The third-order valence-corrected chi connectivity index (χ3v) is 4.82. The Bertz CT molecular complexity index is 888. The summed E-state index contributed by atoms with van der Waals surface area (Å²) in [6, 6.07) is 13.1. The maximum absolute atomic E-state index is 14.1. The van der Waals surface area contributed by atoms with Gasteiger partial charge in [-0.25, -0.2) is 13.8 Å². The van der Waals surface area contributed by atoms with Crippen molar-refractivity contribution >= 4 is 29.9 Å². The summed E-state index contributed by atoms with van der Waals surface area (Å²) in [7, 11) is 0. The summed E-state index contributed by atoms with van der Waals surface area (Å²) in [5.41, 5.74) is 1.27. The summed E-state index contributed by atoms with van der Waals surface area (Å²) >= 11 is 0. The van der Waals surface area contributed by atoms with E-state index in [1.54, 1.807) is 6.07 Å². The van der Waals surface area contributed by atoms with Crippen LogP contribution in [-0.2, 0) is 12.0 Å². The van der Waals surface area contributed by atoms with Crippen molar-refractivity contribution in [1.29, 1.82) is 5.26 Å². The van der Waals surface area contributed by atoms with Gasteiger partial charge in [-0.1, -0.05) is 18.2 Å². The minimum atomic E-state index is -0.390. The minimum absolute atomic E-state index is 0.